The Kier molecular flexibility index (Phi) is 6.35. The van der Waals surface area contributed by atoms with Crippen molar-refractivity contribution >= 4 is 9.84 Å². The molecule has 0 radical (unpaired) electrons. The van der Waals surface area contributed by atoms with Crippen LogP contribution in [0.2, 0.25) is 0 Å². The van der Waals surface area contributed by atoms with Crippen molar-refractivity contribution in [2.75, 3.05) is 0 Å². The van der Waals surface area contributed by atoms with Crippen molar-refractivity contribution in [3.05, 3.63) is 65.5 Å². The highest BCUT2D eigenvalue weighted by Gasteiger charge is 2.73. The summed E-state index contributed by atoms with van der Waals surface area (Å²) in [5.74, 6) is -0.700. The second-order valence-electron chi connectivity index (χ2n) is 8.84. The number of hydrogen-bond acceptors (Lipinski definition) is 3. The van der Waals surface area contributed by atoms with Crippen molar-refractivity contribution in [1.82, 2.24) is 0 Å². The lowest BCUT2D eigenvalue weighted by molar-refractivity contribution is -0.348. The van der Waals surface area contributed by atoms with E-state index in [1.54, 1.807) is 6.92 Å². The van der Waals surface area contributed by atoms with E-state index in [0.29, 0.717) is 12.1 Å². The number of sulfone groups is 1. The smallest absolute Gasteiger partial charge is 0.325 e. The van der Waals surface area contributed by atoms with E-state index in [4.69, 9.17) is 5.73 Å². The molecule has 0 unspecified atom stereocenters. The fourth-order valence-electron chi connectivity index (χ4n) is 4.27. The van der Waals surface area contributed by atoms with E-state index < -0.39 is 49.5 Å². The maximum atomic E-state index is 14.4. The van der Waals surface area contributed by atoms with Gasteiger partial charge < -0.3 is 5.73 Å². The van der Waals surface area contributed by atoms with Crippen LogP contribution in [-0.4, -0.2) is 26.3 Å². The van der Waals surface area contributed by atoms with Crippen LogP contribution in [-0.2, 0) is 20.3 Å². The molecule has 0 aromatic heterocycles. The van der Waals surface area contributed by atoms with Gasteiger partial charge in [-0.3, -0.25) is 0 Å². The van der Waals surface area contributed by atoms with Gasteiger partial charge in [0, 0.05) is 11.1 Å². The summed E-state index contributed by atoms with van der Waals surface area (Å²) in [5.41, 5.74) is -2.10. The van der Waals surface area contributed by atoms with Gasteiger partial charge in [-0.1, -0.05) is 24.3 Å². The fourth-order valence-corrected chi connectivity index (χ4v) is 6.40. The van der Waals surface area contributed by atoms with Gasteiger partial charge in [0.25, 0.3) is 0 Å². The molecule has 2 N–H and O–H groups in total. The average Bonchev–Trinajstić information content (AvgIpc) is 2.72. The number of rotatable bonds is 4. The first-order valence-electron chi connectivity index (χ1n) is 10.1. The summed E-state index contributed by atoms with van der Waals surface area (Å²) in [5, 5.41) is 0. The molecule has 0 bridgehead atoms. The van der Waals surface area contributed by atoms with E-state index in [1.807, 2.05) is 0 Å². The van der Waals surface area contributed by atoms with Crippen molar-refractivity contribution in [3.8, 4) is 0 Å². The molecule has 2 aromatic carbocycles. The van der Waals surface area contributed by atoms with Crippen molar-refractivity contribution < 1.29 is 43.5 Å². The first kappa shape index (κ1) is 26.4. The number of nitrogens with two attached hydrogens (primary N) is 1. The van der Waals surface area contributed by atoms with Crippen LogP contribution in [0.3, 0.4) is 0 Å². The quantitative estimate of drug-likeness (QED) is 0.397. The molecule has 1 fully saturated rings. The molecular formula is C22H21F8NO2S. The van der Waals surface area contributed by atoms with E-state index >= 15 is 0 Å². The first-order valence-corrected chi connectivity index (χ1v) is 11.6. The maximum absolute atomic E-state index is 14.4. The van der Waals surface area contributed by atoms with Gasteiger partial charge in [0.2, 0.25) is 0 Å². The minimum Gasteiger partial charge on any atom is -0.325 e. The van der Waals surface area contributed by atoms with Gasteiger partial charge in [-0.2, -0.15) is 26.3 Å². The van der Waals surface area contributed by atoms with Gasteiger partial charge in [-0.05, 0) is 62.4 Å². The van der Waals surface area contributed by atoms with Gasteiger partial charge in [0.1, 0.15) is 10.6 Å². The number of hydrogen-bond donors (Lipinski definition) is 1. The molecule has 1 aliphatic rings. The molecule has 12 heteroatoms. The van der Waals surface area contributed by atoms with Crippen LogP contribution in [0.5, 0.6) is 0 Å². The number of alkyl halides is 7. The lowest BCUT2D eigenvalue weighted by Gasteiger charge is -2.43. The molecular weight excluding hydrogens is 494 g/mol. The minimum atomic E-state index is -6.29. The maximum Gasteiger partial charge on any atom is 0.435 e. The zero-order chi connectivity index (χ0) is 25.8. The van der Waals surface area contributed by atoms with Crippen molar-refractivity contribution in [1.29, 1.82) is 0 Å². The van der Waals surface area contributed by atoms with E-state index in [9.17, 15) is 43.5 Å². The lowest BCUT2D eigenvalue weighted by atomic mass is 9.74. The molecule has 0 aliphatic heterocycles. The van der Waals surface area contributed by atoms with Crippen LogP contribution < -0.4 is 5.73 Å². The van der Waals surface area contributed by atoms with E-state index in [2.05, 4.69) is 0 Å². The predicted octanol–water partition coefficient (Wildman–Crippen LogP) is 6.08. The molecule has 0 amide bonds. The third-order valence-corrected chi connectivity index (χ3v) is 8.99. The molecule has 2 aromatic rings. The third-order valence-electron chi connectivity index (χ3n) is 6.43. The second-order valence-corrected chi connectivity index (χ2v) is 11.1. The molecule has 3 nitrogen and oxygen atoms in total. The summed E-state index contributed by atoms with van der Waals surface area (Å²) in [4.78, 5) is -0.274. The first-order chi connectivity index (χ1) is 15.4. The number of halogens is 8. The summed E-state index contributed by atoms with van der Waals surface area (Å²) in [6, 6.07) is 6.02. The summed E-state index contributed by atoms with van der Waals surface area (Å²) < 4.78 is 132. The Morgan fingerprint density at radius 3 is 1.62 bits per heavy atom. The third kappa shape index (κ3) is 4.19. The predicted molar refractivity (Wildman–Crippen MR) is 108 cm³/mol. The molecule has 3 rings (SSSR count). The molecule has 0 atom stereocenters. The normalized spacial score (nSPS) is 24.8. The van der Waals surface area contributed by atoms with Gasteiger partial charge in [0.15, 0.2) is 9.84 Å². The SMILES string of the molecule is CC1(N)CCC(c2ccc(C(F)(C(F)(F)F)C(F)(F)F)cc2)(S(=O)(=O)c2ccc(F)cc2)CC1. The Hall–Kier alpha value is -2.21. The Labute approximate surface area is 190 Å². The van der Waals surface area contributed by atoms with Crippen molar-refractivity contribution in [2.45, 2.75) is 65.8 Å². The summed E-state index contributed by atoms with van der Waals surface area (Å²) in [7, 11) is -4.31. The van der Waals surface area contributed by atoms with Crippen molar-refractivity contribution in [3.63, 3.8) is 0 Å². The Balaban J connectivity index is 2.17. The lowest BCUT2D eigenvalue weighted by Crippen LogP contribution is -2.50. The monoisotopic (exact) mass is 515 g/mol. The summed E-state index contributed by atoms with van der Waals surface area (Å²) in [6.45, 7) is 1.69. The molecule has 34 heavy (non-hydrogen) atoms. The average molecular weight is 515 g/mol. The Morgan fingerprint density at radius 2 is 1.21 bits per heavy atom. The van der Waals surface area contributed by atoms with Crippen LogP contribution in [0.4, 0.5) is 35.1 Å². The second kappa shape index (κ2) is 8.18. The largest absolute Gasteiger partial charge is 0.435 e. The topological polar surface area (TPSA) is 60.2 Å². The van der Waals surface area contributed by atoms with E-state index in [0.717, 1.165) is 36.4 Å². The van der Waals surface area contributed by atoms with Gasteiger partial charge >= 0.3 is 18.0 Å². The highest BCUT2D eigenvalue weighted by atomic mass is 32.2. The fraction of sp³-hybridized carbons (Fsp3) is 0.455. The van der Waals surface area contributed by atoms with Crippen LogP contribution in [0.25, 0.3) is 0 Å². The molecule has 1 aliphatic carbocycles. The van der Waals surface area contributed by atoms with Crippen LogP contribution in [0.1, 0.15) is 43.7 Å². The zero-order valence-electron chi connectivity index (χ0n) is 17.8. The highest BCUT2D eigenvalue weighted by molar-refractivity contribution is 7.92. The van der Waals surface area contributed by atoms with Gasteiger partial charge in [0.05, 0.1) is 4.90 Å². The van der Waals surface area contributed by atoms with E-state index in [1.165, 1.54) is 0 Å². The molecule has 0 spiro atoms. The molecule has 0 saturated heterocycles. The molecule has 0 heterocycles. The zero-order valence-corrected chi connectivity index (χ0v) is 18.6. The number of benzene rings is 2. The summed E-state index contributed by atoms with van der Waals surface area (Å²) >= 11 is 0. The Morgan fingerprint density at radius 1 is 0.765 bits per heavy atom. The van der Waals surface area contributed by atoms with Crippen LogP contribution in [0.15, 0.2) is 53.4 Å². The van der Waals surface area contributed by atoms with Crippen LogP contribution in [0, 0.1) is 5.82 Å². The van der Waals surface area contributed by atoms with Crippen LogP contribution >= 0.6 is 0 Å². The minimum absolute atomic E-state index is 0.0988. The van der Waals surface area contributed by atoms with E-state index in [-0.39, 0.29) is 36.1 Å². The van der Waals surface area contributed by atoms with Gasteiger partial charge in [-0.25, -0.2) is 17.2 Å². The summed E-state index contributed by atoms with van der Waals surface area (Å²) in [6.07, 6.45) is -12.4. The Bertz CT molecular complexity index is 1110. The molecule has 188 valence electrons. The highest BCUT2D eigenvalue weighted by Crippen LogP contribution is 2.54. The van der Waals surface area contributed by atoms with Crippen molar-refractivity contribution in [2.24, 2.45) is 5.73 Å². The van der Waals surface area contributed by atoms with Gasteiger partial charge in [-0.15, -0.1) is 0 Å². The molecule has 1 saturated carbocycles. The standard InChI is InChI=1S/C22H21F8NO2S/c1-18(31)10-12-19(13-11-18,34(32,33)17-8-6-16(23)7-9-17)14-2-4-15(5-3-14)20(24,21(25,26)27)22(28,29)30/h2-9H,10-13,31H2,1H3.